The number of aliphatic hydroxyl groups excluding tert-OH is 1. The second kappa shape index (κ2) is 5.19. The summed E-state index contributed by atoms with van der Waals surface area (Å²) in [6.45, 7) is 8.85. The Hall–Kier alpha value is -0.780. The standard InChI is InChI=1S/C12H20O2/c1-6-9(2)11(13)10(3)7-8-12(4,5)14/h6,10-11,13-14H,1-5H3/b9-6-. The monoisotopic (exact) mass is 196 g/mol. The number of aliphatic hydroxyl groups is 2. The molecule has 0 saturated carbocycles. The molecule has 14 heavy (non-hydrogen) atoms. The predicted octanol–water partition coefficient (Wildman–Crippen LogP) is 1.72. The molecule has 0 aliphatic heterocycles. The molecule has 0 spiro atoms. The van der Waals surface area contributed by atoms with Crippen molar-refractivity contribution in [3.63, 3.8) is 0 Å². The van der Waals surface area contributed by atoms with Crippen LogP contribution in [0, 0.1) is 17.8 Å². The van der Waals surface area contributed by atoms with Crippen molar-refractivity contribution in [1.29, 1.82) is 0 Å². The number of allylic oxidation sites excluding steroid dienone is 1. The SMILES string of the molecule is C/C=C(/C)C(O)C(C)C#CC(C)(C)O. The van der Waals surface area contributed by atoms with Gasteiger partial charge in [-0.1, -0.05) is 17.9 Å². The molecule has 0 aromatic carbocycles. The molecule has 2 atom stereocenters. The smallest absolute Gasteiger partial charge is 0.119 e. The molecule has 0 aromatic rings. The first kappa shape index (κ1) is 13.2. The molecule has 2 unspecified atom stereocenters. The summed E-state index contributed by atoms with van der Waals surface area (Å²) in [7, 11) is 0. The van der Waals surface area contributed by atoms with Gasteiger partial charge in [0.05, 0.1) is 6.10 Å². The first-order valence-corrected chi connectivity index (χ1v) is 4.84. The van der Waals surface area contributed by atoms with Gasteiger partial charge in [0.1, 0.15) is 5.60 Å². The van der Waals surface area contributed by atoms with Crippen molar-refractivity contribution in [2.24, 2.45) is 5.92 Å². The average Bonchev–Trinajstić information content (AvgIpc) is 2.10. The minimum absolute atomic E-state index is 0.155. The minimum atomic E-state index is -0.988. The molecule has 0 rings (SSSR count). The quantitative estimate of drug-likeness (QED) is 0.521. The van der Waals surface area contributed by atoms with Gasteiger partial charge in [-0.05, 0) is 40.2 Å². The van der Waals surface area contributed by atoms with E-state index in [-0.39, 0.29) is 5.92 Å². The van der Waals surface area contributed by atoms with E-state index in [0.717, 1.165) is 5.57 Å². The Morgan fingerprint density at radius 1 is 1.43 bits per heavy atom. The molecule has 0 radical (unpaired) electrons. The lowest BCUT2D eigenvalue weighted by Crippen LogP contribution is -2.20. The van der Waals surface area contributed by atoms with Gasteiger partial charge in [-0.3, -0.25) is 0 Å². The molecule has 80 valence electrons. The maximum atomic E-state index is 9.73. The molecule has 0 aromatic heterocycles. The van der Waals surface area contributed by atoms with Gasteiger partial charge in [-0.15, -0.1) is 0 Å². The fourth-order valence-corrected chi connectivity index (χ4v) is 0.934. The fraction of sp³-hybridized carbons (Fsp3) is 0.667. The van der Waals surface area contributed by atoms with Crippen LogP contribution in [0.1, 0.15) is 34.6 Å². The van der Waals surface area contributed by atoms with E-state index in [1.54, 1.807) is 13.8 Å². The van der Waals surface area contributed by atoms with Crippen LogP contribution in [0.15, 0.2) is 11.6 Å². The fourth-order valence-electron chi connectivity index (χ4n) is 0.934. The van der Waals surface area contributed by atoms with E-state index in [2.05, 4.69) is 11.8 Å². The summed E-state index contributed by atoms with van der Waals surface area (Å²) in [4.78, 5) is 0. The molecule has 0 saturated heterocycles. The molecule has 0 heterocycles. The minimum Gasteiger partial charge on any atom is -0.387 e. The Morgan fingerprint density at radius 2 is 1.93 bits per heavy atom. The maximum Gasteiger partial charge on any atom is 0.119 e. The molecule has 0 bridgehead atoms. The van der Waals surface area contributed by atoms with Gasteiger partial charge in [0, 0.05) is 5.92 Å². The van der Waals surface area contributed by atoms with Gasteiger partial charge in [0.2, 0.25) is 0 Å². The third-order valence-electron chi connectivity index (χ3n) is 2.00. The normalized spacial score (nSPS) is 16.9. The summed E-state index contributed by atoms with van der Waals surface area (Å²) in [6, 6.07) is 0. The zero-order chi connectivity index (χ0) is 11.4. The van der Waals surface area contributed by atoms with E-state index in [9.17, 15) is 10.2 Å². The van der Waals surface area contributed by atoms with Crippen molar-refractivity contribution >= 4 is 0 Å². The van der Waals surface area contributed by atoms with E-state index in [4.69, 9.17) is 0 Å². The zero-order valence-corrected chi connectivity index (χ0v) is 9.63. The van der Waals surface area contributed by atoms with Crippen LogP contribution in [-0.4, -0.2) is 21.9 Å². The second-order valence-electron chi connectivity index (χ2n) is 4.09. The molecule has 0 aliphatic carbocycles. The lowest BCUT2D eigenvalue weighted by atomic mass is 9.97. The van der Waals surface area contributed by atoms with E-state index in [0.29, 0.717) is 0 Å². The van der Waals surface area contributed by atoms with E-state index >= 15 is 0 Å². The molecule has 0 amide bonds. The largest absolute Gasteiger partial charge is 0.387 e. The van der Waals surface area contributed by atoms with Gasteiger partial charge in [-0.25, -0.2) is 0 Å². The number of rotatable bonds is 2. The van der Waals surface area contributed by atoms with Crippen LogP contribution in [0.3, 0.4) is 0 Å². The average molecular weight is 196 g/mol. The van der Waals surface area contributed by atoms with Crippen LogP contribution >= 0.6 is 0 Å². The Labute approximate surface area is 86.7 Å². The summed E-state index contributed by atoms with van der Waals surface area (Å²) in [5.41, 5.74) is -0.0831. The number of hydrogen-bond acceptors (Lipinski definition) is 2. The molecule has 2 heteroatoms. The van der Waals surface area contributed by atoms with Gasteiger partial charge >= 0.3 is 0 Å². The third kappa shape index (κ3) is 5.06. The predicted molar refractivity (Wildman–Crippen MR) is 58.7 cm³/mol. The first-order valence-electron chi connectivity index (χ1n) is 4.84. The van der Waals surface area contributed by atoms with Gasteiger partial charge in [0.15, 0.2) is 0 Å². The highest BCUT2D eigenvalue weighted by Crippen LogP contribution is 2.11. The van der Waals surface area contributed by atoms with Crippen molar-refractivity contribution in [3.05, 3.63) is 11.6 Å². The molecule has 2 nitrogen and oxygen atoms in total. The lowest BCUT2D eigenvalue weighted by molar-refractivity contribution is 0.142. The van der Waals surface area contributed by atoms with Crippen molar-refractivity contribution in [1.82, 2.24) is 0 Å². The van der Waals surface area contributed by atoms with Crippen molar-refractivity contribution in [2.75, 3.05) is 0 Å². The van der Waals surface area contributed by atoms with Crippen LogP contribution in [0.25, 0.3) is 0 Å². The molecular formula is C12H20O2. The van der Waals surface area contributed by atoms with Gasteiger partial charge in [0.25, 0.3) is 0 Å². The highest BCUT2D eigenvalue weighted by atomic mass is 16.3. The summed E-state index contributed by atoms with van der Waals surface area (Å²) >= 11 is 0. The zero-order valence-electron chi connectivity index (χ0n) is 9.63. The second-order valence-corrected chi connectivity index (χ2v) is 4.09. The number of hydrogen-bond donors (Lipinski definition) is 2. The first-order chi connectivity index (χ1) is 6.28. The highest BCUT2D eigenvalue weighted by molar-refractivity contribution is 5.17. The Morgan fingerprint density at radius 3 is 2.29 bits per heavy atom. The summed E-state index contributed by atoms with van der Waals surface area (Å²) < 4.78 is 0. The topological polar surface area (TPSA) is 40.5 Å². The van der Waals surface area contributed by atoms with E-state index in [1.165, 1.54) is 0 Å². The Bertz CT molecular complexity index is 260. The Kier molecular flexibility index (Phi) is 4.90. The van der Waals surface area contributed by atoms with Crippen LogP contribution in [0.4, 0.5) is 0 Å². The summed E-state index contributed by atoms with van der Waals surface area (Å²) in [5, 5.41) is 19.1. The van der Waals surface area contributed by atoms with Crippen LogP contribution in [-0.2, 0) is 0 Å². The van der Waals surface area contributed by atoms with Gasteiger partial charge in [-0.2, -0.15) is 0 Å². The third-order valence-corrected chi connectivity index (χ3v) is 2.00. The summed E-state index contributed by atoms with van der Waals surface area (Å²) in [5.74, 6) is 5.39. The van der Waals surface area contributed by atoms with Crippen molar-refractivity contribution < 1.29 is 10.2 Å². The maximum absolute atomic E-state index is 9.73. The van der Waals surface area contributed by atoms with Crippen LogP contribution < -0.4 is 0 Å². The molecular weight excluding hydrogens is 176 g/mol. The highest BCUT2D eigenvalue weighted by Gasteiger charge is 2.14. The van der Waals surface area contributed by atoms with Crippen molar-refractivity contribution in [3.8, 4) is 11.8 Å². The van der Waals surface area contributed by atoms with Crippen LogP contribution in [0.5, 0.6) is 0 Å². The van der Waals surface area contributed by atoms with E-state index in [1.807, 2.05) is 26.8 Å². The van der Waals surface area contributed by atoms with Crippen molar-refractivity contribution in [2.45, 2.75) is 46.3 Å². The summed E-state index contributed by atoms with van der Waals surface area (Å²) in [6.07, 6.45) is 1.32. The molecule has 0 aliphatic rings. The molecule has 2 N–H and O–H groups in total. The van der Waals surface area contributed by atoms with E-state index < -0.39 is 11.7 Å². The molecule has 0 fully saturated rings. The van der Waals surface area contributed by atoms with Gasteiger partial charge < -0.3 is 10.2 Å². The Balaban J connectivity index is 4.48. The van der Waals surface area contributed by atoms with Crippen LogP contribution in [0.2, 0.25) is 0 Å². The lowest BCUT2D eigenvalue weighted by Gasteiger charge is -2.15.